The van der Waals surface area contributed by atoms with E-state index < -0.39 is 5.91 Å². The number of benzene rings is 2. The highest BCUT2D eigenvalue weighted by atomic mass is 79.9. The van der Waals surface area contributed by atoms with Crippen molar-refractivity contribution in [2.24, 2.45) is 5.10 Å². The molecule has 0 N–H and O–H groups in total. The first-order chi connectivity index (χ1) is 14.4. The van der Waals surface area contributed by atoms with E-state index in [9.17, 15) is 4.79 Å². The monoisotopic (exact) mass is 539 g/mol. The molecule has 4 rings (SSSR count). The van der Waals surface area contributed by atoms with Crippen LogP contribution in [0.2, 0.25) is 8.67 Å². The Balaban J connectivity index is 1.75. The Morgan fingerprint density at radius 1 is 1.17 bits per heavy atom. The maximum absolute atomic E-state index is 13.3. The third kappa shape index (κ3) is 4.53. The number of ether oxygens (including phenoxy) is 1. The number of carbonyl (C=O) groups excluding carboxylic acids is 1. The summed E-state index contributed by atoms with van der Waals surface area (Å²) < 4.78 is 7.75. The molecule has 1 amide bonds. The van der Waals surface area contributed by atoms with Gasteiger partial charge in [-0.3, -0.25) is 4.79 Å². The summed E-state index contributed by atoms with van der Waals surface area (Å²) in [6.07, 6.45) is 1.58. The van der Waals surface area contributed by atoms with Gasteiger partial charge in [-0.25, -0.2) is 4.98 Å². The fourth-order valence-electron chi connectivity index (χ4n) is 2.58. The molecule has 10 heteroatoms. The summed E-state index contributed by atoms with van der Waals surface area (Å²) in [5, 5.41) is 6.09. The summed E-state index contributed by atoms with van der Waals surface area (Å²) in [5.41, 5.74) is 1.84. The maximum Gasteiger partial charge on any atom is 0.283 e. The van der Waals surface area contributed by atoms with Crippen LogP contribution in [0.15, 0.2) is 58.1 Å². The van der Waals surface area contributed by atoms with Crippen LogP contribution in [0, 0.1) is 0 Å². The van der Waals surface area contributed by atoms with Crippen molar-refractivity contribution in [3.05, 3.63) is 72.8 Å². The number of rotatable bonds is 5. The standard InChI is InChI=1S/C20H12BrCl2N3O2S2/c1-28-13-5-2-11(3-6-13)10-24-26(19(27)14-9-17(22)30-18(14)23)20-25-15-7-4-12(21)8-16(15)29-20/h2-10H,1H3/b24-10+. The summed E-state index contributed by atoms with van der Waals surface area (Å²) in [6, 6.07) is 14.6. The number of anilines is 1. The molecule has 30 heavy (non-hydrogen) atoms. The molecule has 0 bridgehead atoms. The van der Waals surface area contributed by atoms with Crippen LogP contribution < -0.4 is 9.75 Å². The average Bonchev–Trinajstić information content (AvgIpc) is 3.30. The predicted molar refractivity (Wildman–Crippen MR) is 129 cm³/mol. The van der Waals surface area contributed by atoms with E-state index in [1.165, 1.54) is 22.4 Å². The van der Waals surface area contributed by atoms with Gasteiger partial charge in [-0.1, -0.05) is 50.5 Å². The number of aromatic nitrogens is 1. The van der Waals surface area contributed by atoms with Gasteiger partial charge >= 0.3 is 0 Å². The third-order valence-corrected chi connectivity index (χ3v) is 7.01. The Kier molecular flexibility index (Phi) is 6.40. The number of fused-ring (bicyclic) bond motifs is 1. The van der Waals surface area contributed by atoms with Crippen molar-refractivity contribution in [3.63, 3.8) is 0 Å². The second-order valence-corrected chi connectivity index (χ2v) is 10.2. The lowest BCUT2D eigenvalue weighted by Crippen LogP contribution is -2.25. The van der Waals surface area contributed by atoms with Crippen LogP contribution in [-0.2, 0) is 0 Å². The average molecular weight is 541 g/mol. The molecule has 0 atom stereocenters. The maximum atomic E-state index is 13.3. The van der Waals surface area contributed by atoms with Crippen molar-refractivity contribution in [3.8, 4) is 5.75 Å². The molecular formula is C20H12BrCl2N3O2S2. The van der Waals surface area contributed by atoms with Crippen LogP contribution in [0.1, 0.15) is 15.9 Å². The molecule has 2 aromatic carbocycles. The number of methoxy groups -OCH3 is 1. The highest BCUT2D eigenvalue weighted by Crippen LogP contribution is 2.35. The van der Waals surface area contributed by atoms with E-state index in [4.69, 9.17) is 27.9 Å². The van der Waals surface area contributed by atoms with Gasteiger partial charge in [0.1, 0.15) is 10.1 Å². The van der Waals surface area contributed by atoms with Gasteiger partial charge in [0.05, 0.1) is 33.4 Å². The zero-order valence-corrected chi connectivity index (χ0v) is 20.0. The molecule has 0 spiro atoms. The predicted octanol–water partition coefficient (Wildman–Crippen LogP) is 7.12. The first-order valence-electron chi connectivity index (χ1n) is 8.48. The summed E-state index contributed by atoms with van der Waals surface area (Å²) in [7, 11) is 1.60. The molecule has 5 nitrogen and oxygen atoms in total. The Bertz CT molecular complexity index is 1250. The van der Waals surface area contributed by atoms with Gasteiger partial charge in [0.15, 0.2) is 0 Å². The second-order valence-electron chi connectivity index (χ2n) is 5.98. The van der Waals surface area contributed by atoms with Gasteiger partial charge < -0.3 is 4.74 Å². The zero-order valence-electron chi connectivity index (χ0n) is 15.3. The van der Waals surface area contributed by atoms with Gasteiger partial charge in [0.2, 0.25) is 5.13 Å². The van der Waals surface area contributed by atoms with Crippen LogP contribution in [0.4, 0.5) is 5.13 Å². The molecule has 0 unspecified atom stereocenters. The summed E-state index contributed by atoms with van der Waals surface area (Å²) in [5.74, 6) is 0.322. The quantitative estimate of drug-likeness (QED) is 0.200. The number of halogens is 3. The van der Waals surface area contributed by atoms with Crippen LogP contribution in [0.25, 0.3) is 10.2 Å². The molecule has 4 aromatic rings. The topological polar surface area (TPSA) is 54.8 Å². The van der Waals surface area contributed by atoms with Crippen molar-refractivity contribution in [1.82, 2.24) is 4.98 Å². The first-order valence-corrected chi connectivity index (χ1v) is 11.7. The lowest BCUT2D eigenvalue weighted by Gasteiger charge is -2.13. The normalized spacial score (nSPS) is 11.3. The van der Waals surface area contributed by atoms with Crippen LogP contribution in [-0.4, -0.2) is 24.2 Å². The lowest BCUT2D eigenvalue weighted by atomic mass is 10.2. The molecule has 2 aromatic heterocycles. The highest BCUT2D eigenvalue weighted by molar-refractivity contribution is 9.10. The number of hydrazone groups is 1. The van der Waals surface area contributed by atoms with Gasteiger partial charge in [0.25, 0.3) is 5.91 Å². The van der Waals surface area contributed by atoms with Crippen LogP contribution in [0.3, 0.4) is 0 Å². The van der Waals surface area contributed by atoms with E-state index in [-0.39, 0.29) is 5.56 Å². The Hall–Kier alpha value is -1.97. The molecule has 0 aliphatic carbocycles. The Morgan fingerprint density at radius 3 is 2.60 bits per heavy atom. The SMILES string of the molecule is COc1ccc(/C=N/N(C(=O)c2cc(Cl)sc2Cl)c2nc3ccc(Br)cc3s2)cc1. The van der Waals surface area contributed by atoms with E-state index >= 15 is 0 Å². The van der Waals surface area contributed by atoms with Crippen molar-refractivity contribution >= 4 is 89.3 Å². The molecule has 0 aliphatic rings. The van der Waals surface area contributed by atoms with Crippen LogP contribution >= 0.6 is 61.8 Å². The molecular weight excluding hydrogens is 529 g/mol. The van der Waals surface area contributed by atoms with Gasteiger partial charge in [-0.05, 0) is 54.1 Å². The Labute approximate surface area is 198 Å². The van der Waals surface area contributed by atoms with Crippen LogP contribution in [0.5, 0.6) is 5.75 Å². The van der Waals surface area contributed by atoms with Crippen molar-refractivity contribution in [2.75, 3.05) is 12.1 Å². The fourth-order valence-corrected chi connectivity index (χ4v) is 5.50. The number of thiazole rings is 1. The van der Waals surface area contributed by atoms with E-state index in [0.29, 0.717) is 13.8 Å². The zero-order chi connectivity index (χ0) is 21.3. The number of nitrogens with zero attached hydrogens (tertiary/aromatic N) is 3. The first kappa shape index (κ1) is 21.3. The Morgan fingerprint density at radius 2 is 1.93 bits per heavy atom. The number of thiophene rings is 1. The molecule has 2 heterocycles. The number of hydrogen-bond donors (Lipinski definition) is 0. The van der Waals surface area contributed by atoms with Crippen molar-refractivity contribution < 1.29 is 9.53 Å². The third-order valence-electron chi connectivity index (χ3n) is 4.04. The summed E-state index contributed by atoms with van der Waals surface area (Å²) >= 11 is 18.2. The number of carbonyl (C=O) groups is 1. The van der Waals surface area contributed by atoms with Gasteiger partial charge in [0, 0.05) is 4.47 Å². The van der Waals surface area contributed by atoms with Crippen molar-refractivity contribution in [1.29, 1.82) is 0 Å². The van der Waals surface area contributed by atoms with E-state index in [1.807, 2.05) is 42.5 Å². The largest absolute Gasteiger partial charge is 0.497 e. The summed E-state index contributed by atoms with van der Waals surface area (Å²) in [4.78, 5) is 17.8. The van der Waals surface area contributed by atoms with E-state index in [2.05, 4.69) is 26.0 Å². The van der Waals surface area contributed by atoms with Crippen molar-refractivity contribution in [2.45, 2.75) is 0 Å². The van der Waals surface area contributed by atoms with Gasteiger partial charge in [-0.2, -0.15) is 10.1 Å². The molecule has 0 fully saturated rings. The van der Waals surface area contributed by atoms with E-state index in [0.717, 1.165) is 37.3 Å². The number of amides is 1. The molecule has 0 radical (unpaired) electrons. The molecule has 0 saturated carbocycles. The summed E-state index contributed by atoms with van der Waals surface area (Å²) in [6.45, 7) is 0. The highest BCUT2D eigenvalue weighted by Gasteiger charge is 2.25. The molecule has 0 aliphatic heterocycles. The number of hydrogen-bond acceptors (Lipinski definition) is 6. The minimum atomic E-state index is -0.411. The smallest absolute Gasteiger partial charge is 0.283 e. The van der Waals surface area contributed by atoms with Gasteiger partial charge in [-0.15, -0.1) is 11.3 Å². The minimum Gasteiger partial charge on any atom is -0.497 e. The molecule has 152 valence electrons. The fraction of sp³-hybridized carbons (Fsp3) is 0.0500. The minimum absolute atomic E-state index is 0.277. The molecule has 0 saturated heterocycles. The second kappa shape index (κ2) is 9.03. The lowest BCUT2D eigenvalue weighted by molar-refractivity contribution is 0.0988. The van der Waals surface area contributed by atoms with E-state index in [1.54, 1.807) is 13.3 Å².